The fraction of sp³-hybridized carbons (Fsp3) is 0. The van der Waals surface area contributed by atoms with E-state index in [2.05, 4.69) is 15.9 Å². The van der Waals surface area contributed by atoms with Gasteiger partial charge in [0.2, 0.25) is 0 Å². The first-order valence-electron chi connectivity index (χ1n) is 5.33. The maximum atomic E-state index is 13.7. The van der Waals surface area contributed by atoms with Crippen molar-refractivity contribution < 1.29 is 14.1 Å². The molecule has 0 aliphatic heterocycles. The molecule has 0 bridgehead atoms. The first-order chi connectivity index (χ1) is 9.52. The summed E-state index contributed by atoms with van der Waals surface area (Å²) in [4.78, 5) is 10.2. The van der Waals surface area contributed by atoms with Gasteiger partial charge >= 0.3 is 0 Å². The van der Waals surface area contributed by atoms with Crippen molar-refractivity contribution in [1.82, 2.24) is 0 Å². The van der Waals surface area contributed by atoms with E-state index in [0.717, 1.165) is 6.07 Å². The van der Waals surface area contributed by atoms with E-state index in [-0.39, 0.29) is 27.2 Å². The summed E-state index contributed by atoms with van der Waals surface area (Å²) < 4.78 is 19.1. The van der Waals surface area contributed by atoms with Crippen LogP contribution in [0.3, 0.4) is 0 Å². The molecule has 20 heavy (non-hydrogen) atoms. The fourth-order valence-corrected chi connectivity index (χ4v) is 1.98. The minimum Gasteiger partial charge on any atom is -0.453 e. The van der Waals surface area contributed by atoms with Gasteiger partial charge < -0.3 is 4.74 Å². The average molecular weight is 337 g/mol. The molecule has 0 saturated carbocycles. The van der Waals surface area contributed by atoms with Gasteiger partial charge in [-0.15, -0.1) is 0 Å². The Morgan fingerprint density at radius 1 is 1.30 bits per heavy atom. The average Bonchev–Trinajstić information content (AvgIpc) is 2.42. The summed E-state index contributed by atoms with van der Waals surface area (Å²) in [6, 6.07) is 9.71. The number of hydrogen-bond acceptors (Lipinski definition) is 4. The number of benzene rings is 2. The van der Waals surface area contributed by atoms with E-state index in [1.54, 1.807) is 6.07 Å². The van der Waals surface area contributed by atoms with Crippen molar-refractivity contribution in [2.24, 2.45) is 0 Å². The van der Waals surface area contributed by atoms with Crippen LogP contribution in [0.15, 0.2) is 40.9 Å². The maximum absolute atomic E-state index is 13.7. The molecule has 5 nitrogen and oxygen atoms in total. The molecule has 0 aliphatic carbocycles. The van der Waals surface area contributed by atoms with Crippen LogP contribution in [0.1, 0.15) is 5.56 Å². The predicted octanol–water partition coefficient (Wildman–Crippen LogP) is 4.16. The number of ether oxygens (including phenoxy) is 1. The second-order valence-electron chi connectivity index (χ2n) is 3.71. The lowest BCUT2D eigenvalue weighted by Crippen LogP contribution is -1.94. The minimum absolute atomic E-state index is 0.114. The molecule has 0 amide bonds. The summed E-state index contributed by atoms with van der Waals surface area (Å²) in [5.41, 5.74) is -0.0236. The van der Waals surface area contributed by atoms with E-state index >= 15 is 0 Å². The molecule has 0 aliphatic rings. The van der Waals surface area contributed by atoms with Gasteiger partial charge in [-0.1, -0.05) is 6.07 Å². The highest BCUT2D eigenvalue weighted by Crippen LogP contribution is 2.37. The van der Waals surface area contributed by atoms with Crippen LogP contribution in [0.25, 0.3) is 0 Å². The number of rotatable bonds is 3. The van der Waals surface area contributed by atoms with Crippen LogP contribution in [-0.4, -0.2) is 4.92 Å². The Hall–Kier alpha value is -2.46. The third kappa shape index (κ3) is 2.75. The molecule has 0 spiro atoms. The molecule has 2 aromatic carbocycles. The van der Waals surface area contributed by atoms with Crippen molar-refractivity contribution in [3.05, 3.63) is 62.4 Å². The maximum Gasteiger partial charge on any atom is 0.287 e. The third-order valence-corrected chi connectivity index (χ3v) is 3.22. The van der Waals surface area contributed by atoms with Crippen LogP contribution in [0.2, 0.25) is 0 Å². The van der Waals surface area contributed by atoms with Gasteiger partial charge in [-0.25, -0.2) is 4.39 Å². The molecule has 0 atom stereocenters. The zero-order valence-electron chi connectivity index (χ0n) is 9.84. The quantitative estimate of drug-likeness (QED) is 0.622. The standard InChI is InChI=1S/C13H6BrFN2O3/c14-13-10(17(18)19)2-1-3-12(13)20-11-5-4-8(7-16)6-9(11)15/h1-6H. The molecule has 0 unspecified atom stereocenters. The smallest absolute Gasteiger partial charge is 0.287 e. The van der Waals surface area contributed by atoms with Crippen LogP contribution >= 0.6 is 15.9 Å². The van der Waals surface area contributed by atoms with Gasteiger partial charge in [-0.3, -0.25) is 10.1 Å². The van der Waals surface area contributed by atoms with Gasteiger partial charge in [-0.2, -0.15) is 5.26 Å². The van der Waals surface area contributed by atoms with Gasteiger partial charge in [0.25, 0.3) is 5.69 Å². The predicted molar refractivity (Wildman–Crippen MR) is 72.0 cm³/mol. The van der Waals surface area contributed by atoms with Crippen LogP contribution < -0.4 is 4.74 Å². The number of hydrogen-bond donors (Lipinski definition) is 0. The molecule has 0 N–H and O–H groups in total. The second-order valence-corrected chi connectivity index (χ2v) is 4.50. The van der Waals surface area contributed by atoms with E-state index in [1.807, 2.05) is 0 Å². The highest BCUT2D eigenvalue weighted by molar-refractivity contribution is 9.10. The molecule has 7 heteroatoms. The molecule has 0 heterocycles. The normalized spacial score (nSPS) is 9.85. The molecule has 0 radical (unpaired) electrons. The first kappa shape index (κ1) is 14.0. The summed E-state index contributed by atoms with van der Waals surface area (Å²) in [6.45, 7) is 0. The summed E-state index contributed by atoms with van der Waals surface area (Å²) >= 11 is 3.05. The van der Waals surface area contributed by atoms with Gasteiger partial charge in [0.15, 0.2) is 11.6 Å². The third-order valence-electron chi connectivity index (χ3n) is 2.42. The van der Waals surface area contributed by atoms with Crippen LogP contribution in [0.5, 0.6) is 11.5 Å². The second kappa shape index (κ2) is 5.67. The van der Waals surface area contributed by atoms with Gasteiger partial charge in [0.1, 0.15) is 10.2 Å². The van der Waals surface area contributed by atoms with E-state index in [4.69, 9.17) is 10.00 Å². The van der Waals surface area contributed by atoms with Crippen LogP contribution in [-0.2, 0) is 0 Å². The van der Waals surface area contributed by atoms with Crippen molar-refractivity contribution in [1.29, 1.82) is 5.26 Å². The summed E-state index contributed by atoms with van der Waals surface area (Å²) in [5, 5.41) is 19.4. The monoisotopic (exact) mass is 336 g/mol. The highest BCUT2D eigenvalue weighted by Gasteiger charge is 2.17. The van der Waals surface area contributed by atoms with Gasteiger partial charge in [0, 0.05) is 6.07 Å². The molecule has 2 aromatic rings. The summed E-state index contributed by atoms with van der Waals surface area (Å²) in [6.07, 6.45) is 0. The minimum atomic E-state index is -0.720. The first-order valence-corrected chi connectivity index (χ1v) is 6.12. The van der Waals surface area contributed by atoms with E-state index in [0.29, 0.717) is 0 Å². The Kier molecular flexibility index (Phi) is 3.96. The Labute approximate surface area is 121 Å². The van der Waals surface area contributed by atoms with E-state index < -0.39 is 10.7 Å². The fourth-order valence-electron chi connectivity index (χ4n) is 1.49. The SMILES string of the molecule is N#Cc1ccc(Oc2cccc([N+](=O)[O-])c2Br)c(F)c1. The van der Waals surface area contributed by atoms with Gasteiger partial charge in [-0.05, 0) is 40.2 Å². The van der Waals surface area contributed by atoms with Crippen molar-refractivity contribution >= 4 is 21.6 Å². The Morgan fingerprint density at radius 3 is 2.65 bits per heavy atom. The topological polar surface area (TPSA) is 76.2 Å². The van der Waals surface area contributed by atoms with Crippen molar-refractivity contribution in [3.8, 4) is 17.6 Å². The number of nitro groups is 1. The number of nitriles is 1. The molecule has 0 aromatic heterocycles. The molecular formula is C13H6BrFN2O3. The zero-order valence-corrected chi connectivity index (χ0v) is 11.4. The van der Waals surface area contributed by atoms with Crippen molar-refractivity contribution in [2.75, 3.05) is 0 Å². The van der Waals surface area contributed by atoms with Crippen LogP contribution in [0, 0.1) is 27.3 Å². The van der Waals surface area contributed by atoms with Crippen molar-refractivity contribution in [3.63, 3.8) is 0 Å². The number of halogens is 2. The Balaban J connectivity index is 2.38. The van der Waals surface area contributed by atoms with E-state index in [9.17, 15) is 14.5 Å². The summed E-state index contributed by atoms with van der Waals surface area (Å²) in [5.74, 6) is -0.726. The molecule has 0 saturated heterocycles. The molecule has 100 valence electrons. The number of nitrogens with zero attached hydrogens (tertiary/aromatic N) is 2. The highest BCUT2D eigenvalue weighted by atomic mass is 79.9. The molecular weight excluding hydrogens is 331 g/mol. The van der Waals surface area contributed by atoms with Crippen molar-refractivity contribution in [2.45, 2.75) is 0 Å². The largest absolute Gasteiger partial charge is 0.453 e. The lowest BCUT2D eigenvalue weighted by molar-refractivity contribution is -0.385. The lowest BCUT2D eigenvalue weighted by Gasteiger charge is -2.08. The molecule has 0 fully saturated rings. The Bertz CT molecular complexity index is 728. The van der Waals surface area contributed by atoms with E-state index in [1.165, 1.54) is 30.3 Å². The summed E-state index contributed by atoms with van der Waals surface area (Å²) in [7, 11) is 0. The Morgan fingerprint density at radius 2 is 2.05 bits per heavy atom. The lowest BCUT2D eigenvalue weighted by atomic mass is 10.2. The number of nitro benzene ring substituents is 1. The zero-order chi connectivity index (χ0) is 14.7. The van der Waals surface area contributed by atoms with Crippen LogP contribution in [0.4, 0.5) is 10.1 Å². The molecule has 2 rings (SSSR count). The van der Waals surface area contributed by atoms with Gasteiger partial charge in [0.05, 0.1) is 16.6 Å².